The summed E-state index contributed by atoms with van der Waals surface area (Å²) in [7, 11) is 1.54. The monoisotopic (exact) mass is 481 g/mol. The molecule has 29 heavy (non-hydrogen) atoms. The van der Waals surface area contributed by atoms with Gasteiger partial charge in [-0.1, -0.05) is 45.7 Å². The Labute approximate surface area is 181 Å². The summed E-state index contributed by atoms with van der Waals surface area (Å²) < 4.78 is 38.9. The Balaban J connectivity index is 1.67. The van der Waals surface area contributed by atoms with Crippen LogP contribution in [0.3, 0.4) is 0 Å². The lowest BCUT2D eigenvalue weighted by Gasteiger charge is -2.15. The molecule has 152 valence electrons. The number of rotatable bonds is 8. The van der Waals surface area contributed by atoms with Crippen molar-refractivity contribution in [3.8, 4) is 11.5 Å². The van der Waals surface area contributed by atoms with Crippen molar-refractivity contribution in [1.29, 1.82) is 0 Å². The standard InChI is InChI=1S/C22H19BrClF2NO2/c1-28-21-9-15(12-27-11-14-5-7-16(25)8-6-14)18(23)10-22(21)29-13-17-19(24)3-2-4-20(17)26/h2-10,27H,11-13H2,1H3. The van der Waals surface area contributed by atoms with Crippen LogP contribution in [0.25, 0.3) is 0 Å². The van der Waals surface area contributed by atoms with Gasteiger partial charge in [0.05, 0.1) is 12.1 Å². The summed E-state index contributed by atoms with van der Waals surface area (Å²) in [5.74, 6) is 0.325. The largest absolute Gasteiger partial charge is 0.493 e. The molecule has 0 atom stereocenters. The fourth-order valence-corrected chi connectivity index (χ4v) is 3.43. The number of benzene rings is 3. The molecule has 0 saturated heterocycles. The molecule has 0 aliphatic heterocycles. The van der Waals surface area contributed by atoms with Gasteiger partial charge in [-0.05, 0) is 47.5 Å². The molecule has 7 heteroatoms. The van der Waals surface area contributed by atoms with E-state index < -0.39 is 5.82 Å². The minimum absolute atomic E-state index is 0.0174. The molecule has 0 spiro atoms. The molecule has 3 nitrogen and oxygen atoms in total. The first kappa shape index (κ1) is 21.6. The lowest BCUT2D eigenvalue weighted by atomic mass is 10.1. The molecule has 0 aliphatic rings. The van der Waals surface area contributed by atoms with Crippen LogP contribution < -0.4 is 14.8 Å². The van der Waals surface area contributed by atoms with Crippen LogP contribution in [-0.2, 0) is 19.7 Å². The van der Waals surface area contributed by atoms with E-state index in [0.29, 0.717) is 29.6 Å². The summed E-state index contributed by atoms with van der Waals surface area (Å²) in [6.07, 6.45) is 0. The molecule has 0 aromatic heterocycles. The highest BCUT2D eigenvalue weighted by Gasteiger charge is 2.13. The van der Waals surface area contributed by atoms with Crippen molar-refractivity contribution in [2.24, 2.45) is 0 Å². The van der Waals surface area contributed by atoms with Crippen molar-refractivity contribution in [2.75, 3.05) is 7.11 Å². The third-order valence-corrected chi connectivity index (χ3v) is 5.42. The van der Waals surface area contributed by atoms with Gasteiger partial charge in [0.1, 0.15) is 18.2 Å². The van der Waals surface area contributed by atoms with Gasteiger partial charge in [-0.2, -0.15) is 0 Å². The topological polar surface area (TPSA) is 30.5 Å². The van der Waals surface area contributed by atoms with E-state index in [1.807, 2.05) is 6.07 Å². The maximum atomic E-state index is 13.9. The molecule has 0 amide bonds. The normalized spacial score (nSPS) is 10.8. The highest BCUT2D eigenvalue weighted by atomic mass is 79.9. The zero-order valence-corrected chi connectivity index (χ0v) is 18.0. The minimum Gasteiger partial charge on any atom is -0.493 e. The second-order valence-electron chi connectivity index (χ2n) is 6.31. The summed E-state index contributed by atoms with van der Waals surface area (Å²) >= 11 is 9.59. The van der Waals surface area contributed by atoms with E-state index in [-0.39, 0.29) is 18.0 Å². The Bertz CT molecular complexity index is 963. The van der Waals surface area contributed by atoms with Crippen LogP contribution in [0.1, 0.15) is 16.7 Å². The van der Waals surface area contributed by atoms with Crippen LogP contribution in [0.5, 0.6) is 11.5 Å². The van der Waals surface area contributed by atoms with Gasteiger partial charge in [-0.15, -0.1) is 0 Å². The average molecular weight is 483 g/mol. The third kappa shape index (κ3) is 5.69. The van der Waals surface area contributed by atoms with Crippen LogP contribution in [0.15, 0.2) is 59.1 Å². The molecule has 3 aromatic rings. The van der Waals surface area contributed by atoms with E-state index in [1.54, 1.807) is 37.4 Å². The molecular weight excluding hydrogens is 464 g/mol. The van der Waals surface area contributed by atoms with E-state index in [9.17, 15) is 8.78 Å². The highest BCUT2D eigenvalue weighted by molar-refractivity contribution is 9.10. The smallest absolute Gasteiger partial charge is 0.162 e. The predicted octanol–water partition coefficient (Wildman–Crippen LogP) is 6.26. The number of hydrogen-bond acceptors (Lipinski definition) is 3. The van der Waals surface area contributed by atoms with Gasteiger partial charge in [-0.3, -0.25) is 0 Å². The van der Waals surface area contributed by atoms with E-state index in [1.165, 1.54) is 18.2 Å². The molecule has 0 fully saturated rings. The molecule has 1 N–H and O–H groups in total. The van der Waals surface area contributed by atoms with Gasteiger partial charge < -0.3 is 14.8 Å². The Kier molecular flexibility index (Phi) is 7.47. The Hall–Kier alpha value is -2.15. The zero-order chi connectivity index (χ0) is 20.8. The molecule has 0 radical (unpaired) electrons. The Morgan fingerprint density at radius 1 is 1.00 bits per heavy atom. The van der Waals surface area contributed by atoms with Gasteiger partial charge in [0.15, 0.2) is 11.5 Å². The number of halogens is 4. The summed E-state index contributed by atoms with van der Waals surface area (Å²) in [4.78, 5) is 0. The fourth-order valence-electron chi connectivity index (χ4n) is 2.75. The Morgan fingerprint density at radius 2 is 1.76 bits per heavy atom. The number of ether oxygens (including phenoxy) is 2. The molecule has 0 unspecified atom stereocenters. The summed E-state index contributed by atoms with van der Waals surface area (Å²) in [5.41, 5.74) is 2.23. The molecule has 0 bridgehead atoms. The fraction of sp³-hybridized carbons (Fsp3) is 0.182. The quantitative estimate of drug-likeness (QED) is 0.411. The van der Waals surface area contributed by atoms with Gasteiger partial charge in [0.2, 0.25) is 0 Å². The van der Waals surface area contributed by atoms with E-state index in [4.69, 9.17) is 21.1 Å². The van der Waals surface area contributed by atoms with Crippen molar-refractivity contribution in [3.05, 3.63) is 92.4 Å². The molecule has 3 rings (SSSR count). The maximum Gasteiger partial charge on any atom is 0.162 e. The van der Waals surface area contributed by atoms with Gasteiger partial charge in [0.25, 0.3) is 0 Å². The van der Waals surface area contributed by atoms with Crippen molar-refractivity contribution < 1.29 is 18.3 Å². The molecule has 3 aromatic carbocycles. The van der Waals surface area contributed by atoms with Crippen molar-refractivity contribution in [2.45, 2.75) is 19.7 Å². The number of nitrogens with one attached hydrogen (secondary N) is 1. The Morgan fingerprint density at radius 3 is 2.45 bits per heavy atom. The van der Waals surface area contributed by atoms with Gasteiger partial charge in [0, 0.05) is 23.1 Å². The summed E-state index contributed by atoms with van der Waals surface area (Å²) in [5, 5.41) is 3.62. The van der Waals surface area contributed by atoms with Crippen molar-refractivity contribution in [3.63, 3.8) is 0 Å². The van der Waals surface area contributed by atoms with E-state index in [2.05, 4.69) is 21.2 Å². The SMILES string of the molecule is COc1cc(CNCc2ccc(F)cc2)c(Br)cc1OCc1c(F)cccc1Cl. The van der Waals surface area contributed by atoms with Crippen molar-refractivity contribution >= 4 is 27.5 Å². The zero-order valence-electron chi connectivity index (χ0n) is 15.6. The van der Waals surface area contributed by atoms with Crippen molar-refractivity contribution in [1.82, 2.24) is 5.32 Å². The van der Waals surface area contributed by atoms with Gasteiger partial charge >= 0.3 is 0 Å². The molecule has 0 heterocycles. The first-order chi connectivity index (χ1) is 14.0. The first-order valence-electron chi connectivity index (χ1n) is 8.85. The predicted molar refractivity (Wildman–Crippen MR) is 113 cm³/mol. The van der Waals surface area contributed by atoms with Crippen LogP contribution in [0, 0.1) is 11.6 Å². The second kappa shape index (κ2) is 10.1. The average Bonchev–Trinajstić information content (AvgIpc) is 2.70. The third-order valence-electron chi connectivity index (χ3n) is 4.32. The summed E-state index contributed by atoms with van der Waals surface area (Å²) in [6.45, 7) is 1.14. The van der Waals surface area contributed by atoms with Crippen LogP contribution in [0.4, 0.5) is 8.78 Å². The molecule has 0 saturated carbocycles. The van der Waals surface area contributed by atoms with E-state index >= 15 is 0 Å². The summed E-state index contributed by atoms with van der Waals surface area (Å²) in [6, 6.07) is 14.5. The minimum atomic E-state index is -0.419. The number of methoxy groups -OCH3 is 1. The molecular formula is C22H19BrClF2NO2. The second-order valence-corrected chi connectivity index (χ2v) is 7.57. The first-order valence-corrected chi connectivity index (χ1v) is 10.0. The maximum absolute atomic E-state index is 13.9. The lowest BCUT2D eigenvalue weighted by molar-refractivity contribution is 0.279. The van der Waals surface area contributed by atoms with E-state index in [0.717, 1.165) is 15.6 Å². The van der Waals surface area contributed by atoms with Gasteiger partial charge in [-0.25, -0.2) is 8.78 Å². The van der Waals surface area contributed by atoms with Crippen LogP contribution in [-0.4, -0.2) is 7.11 Å². The highest BCUT2D eigenvalue weighted by Crippen LogP contribution is 2.34. The van der Waals surface area contributed by atoms with Crippen LogP contribution in [0.2, 0.25) is 5.02 Å². The van der Waals surface area contributed by atoms with Crippen LogP contribution >= 0.6 is 27.5 Å². The molecule has 0 aliphatic carbocycles. The number of hydrogen-bond donors (Lipinski definition) is 1. The lowest BCUT2D eigenvalue weighted by Crippen LogP contribution is -2.13.